The predicted molar refractivity (Wildman–Crippen MR) is 41.6 cm³/mol. The van der Waals surface area contributed by atoms with Gasteiger partial charge in [0, 0.05) is 6.92 Å². The summed E-state index contributed by atoms with van der Waals surface area (Å²) in [5.74, 6) is -0.686. The van der Waals surface area contributed by atoms with Crippen molar-refractivity contribution in [3.05, 3.63) is 0 Å². The lowest BCUT2D eigenvalue weighted by atomic mass is 10.0. The molecule has 0 aliphatic heterocycles. The molecule has 0 saturated carbocycles. The van der Waals surface area contributed by atoms with E-state index in [1.165, 1.54) is 6.92 Å². The fourth-order valence-corrected chi connectivity index (χ4v) is 0.785. The Kier molecular flexibility index (Phi) is 3.57. The third kappa shape index (κ3) is 3.60. The molecular formula is C7H14N2O2. The minimum absolute atomic E-state index is 0.0383. The average Bonchev–Trinajstić information content (AvgIpc) is 1.81. The van der Waals surface area contributed by atoms with Crippen LogP contribution in [-0.2, 0) is 9.59 Å². The van der Waals surface area contributed by atoms with E-state index in [-0.39, 0.29) is 11.8 Å². The number of primary amides is 1. The first-order chi connectivity index (χ1) is 4.95. The highest BCUT2D eigenvalue weighted by molar-refractivity contribution is 5.85. The van der Waals surface area contributed by atoms with Gasteiger partial charge in [0.05, 0.1) is 0 Å². The molecule has 0 aromatic rings. The number of carbonyl (C=O) groups is 2. The number of hydrogen-bond donors (Lipinski definition) is 2. The van der Waals surface area contributed by atoms with Gasteiger partial charge in [-0.2, -0.15) is 0 Å². The second kappa shape index (κ2) is 3.95. The monoisotopic (exact) mass is 158 g/mol. The summed E-state index contributed by atoms with van der Waals surface area (Å²) in [6, 6.07) is -0.549. The molecule has 4 heteroatoms. The van der Waals surface area contributed by atoms with Gasteiger partial charge in [-0.1, -0.05) is 13.8 Å². The SMILES string of the molecule is CC(=O)N[C@H](C(N)=O)C(C)C. The van der Waals surface area contributed by atoms with Crippen molar-refractivity contribution >= 4 is 11.8 Å². The number of carbonyl (C=O) groups excluding carboxylic acids is 2. The second-order valence-electron chi connectivity index (χ2n) is 2.82. The van der Waals surface area contributed by atoms with Gasteiger partial charge in [0.25, 0.3) is 0 Å². The highest BCUT2D eigenvalue weighted by atomic mass is 16.2. The van der Waals surface area contributed by atoms with Crippen molar-refractivity contribution in [1.82, 2.24) is 5.32 Å². The van der Waals surface area contributed by atoms with E-state index in [0.717, 1.165) is 0 Å². The third-order valence-electron chi connectivity index (χ3n) is 1.33. The molecule has 0 radical (unpaired) electrons. The second-order valence-corrected chi connectivity index (χ2v) is 2.82. The molecule has 0 aliphatic rings. The van der Waals surface area contributed by atoms with Crippen LogP contribution in [0.3, 0.4) is 0 Å². The van der Waals surface area contributed by atoms with Crippen LogP contribution in [0.1, 0.15) is 20.8 Å². The Morgan fingerprint density at radius 1 is 1.36 bits per heavy atom. The topological polar surface area (TPSA) is 72.2 Å². The molecule has 4 nitrogen and oxygen atoms in total. The van der Waals surface area contributed by atoms with E-state index >= 15 is 0 Å². The van der Waals surface area contributed by atoms with Crippen molar-refractivity contribution in [2.24, 2.45) is 11.7 Å². The van der Waals surface area contributed by atoms with Crippen molar-refractivity contribution < 1.29 is 9.59 Å². The Labute approximate surface area is 66.1 Å². The summed E-state index contributed by atoms with van der Waals surface area (Å²) >= 11 is 0. The smallest absolute Gasteiger partial charge is 0.240 e. The summed E-state index contributed by atoms with van der Waals surface area (Å²) in [6.07, 6.45) is 0. The van der Waals surface area contributed by atoms with Crippen LogP contribution in [0.25, 0.3) is 0 Å². The van der Waals surface area contributed by atoms with Crippen molar-refractivity contribution in [2.45, 2.75) is 26.8 Å². The van der Waals surface area contributed by atoms with Crippen LogP contribution >= 0.6 is 0 Å². The minimum Gasteiger partial charge on any atom is -0.368 e. The molecule has 0 saturated heterocycles. The summed E-state index contributed by atoms with van der Waals surface area (Å²) < 4.78 is 0. The van der Waals surface area contributed by atoms with E-state index in [4.69, 9.17) is 5.73 Å². The molecule has 1 atom stereocenters. The van der Waals surface area contributed by atoms with Crippen LogP contribution in [-0.4, -0.2) is 17.9 Å². The molecule has 2 amide bonds. The Morgan fingerprint density at radius 3 is 1.91 bits per heavy atom. The maximum atomic E-state index is 10.7. The molecule has 3 N–H and O–H groups in total. The van der Waals surface area contributed by atoms with Crippen molar-refractivity contribution in [1.29, 1.82) is 0 Å². The summed E-state index contributed by atoms with van der Waals surface area (Å²) in [7, 11) is 0. The zero-order valence-electron chi connectivity index (χ0n) is 7.05. The molecular weight excluding hydrogens is 144 g/mol. The third-order valence-corrected chi connectivity index (χ3v) is 1.33. The minimum atomic E-state index is -0.549. The molecule has 11 heavy (non-hydrogen) atoms. The zero-order valence-corrected chi connectivity index (χ0v) is 7.05. The summed E-state index contributed by atoms with van der Waals surface area (Å²) in [4.78, 5) is 21.2. The van der Waals surface area contributed by atoms with E-state index in [2.05, 4.69) is 5.32 Å². The summed E-state index contributed by atoms with van der Waals surface area (Å²) in [5.41, 5.74) is 5.03. The maximum Gasteiger partial charge on any atom is 0.240 e. The fraction of sp³-hybridized carbons (Fsp3) is 0.714. The molecule has 0 aromatic heterocycles. The van der Waals surface area contributed by atoms with Crippen LogP contribution < -0.4 is 11.1 Å². The van der Waals surface area contributed by atoms with Gasteiger partial charge in [-0.05, 0) is 5.92 Å². The molecule has 0 aliphatic carbocycles. The molecule has 0 bridgehead atoms. The molecule has 0 unspecified atom stereocenters. The number of nitrogens with one attached hydrogen (secondary N) is 1. The van der Waals surface area contributed by atoms with E-state index in [1.807, 2.05) is 13.8 Å². The summed E-state index contributed by atoms with van der Waals surface area (Å²) in [5, 5.41) is 2.47. The average molecular weight is 158 g/mol. The van der Waals surface area contributed by atoms with E-state index in [1.54, 1.807) is 0 Å². The van der Waals surface area contributed by atoms with E-state index in [9.17, 15) is 9.59 Å². The highest BCUT2D eigenvalue weighted by Gasteiger charge is 2.19. The lowest BCUT2D eigenvalue weighted by molar-refractivity contribution is -0.127. The van der Waals surface area contributed by atoms with Gasteiger partial charge in [-0.15, -0.1) is 0 Å². The Morgan fingerprint density at radius 2 is 1.82 bits per heavy atom. The molecule has 0 spiro atoms. The van der Waals surface area contributed by atoms with Crippen LogP contribution in [0.15, 0.2) is 0 Å². The van der Waals surface area contributed by atoms with Gasteiger partial charge in [0.15, 0.2) is 0 Å². The first kappa shape index (κ1) is 9.94. The van der Waals surface area contributed by atoms with Gasteiger partial charge < -0.3 is 11.1 Å². The number of hydrogen-bond acceptors (Lipinski definition) is 2. The molecule has 0 fully saturated rings. The summed E-state index contributed by atoms with van der Waals surface area (Å²) in [6.45, 7) is 5.01. The lowest BCUT2D eigenvalue weighted by Crippen LogP contribution is -2.46. The number of amides is 2. The zero-order chi connectivity index (χ0) is 9.02. The fourth-order valence-electron chi connectivity index (χ4n) is 0.785. The van der Waals surface area contributed by atoms with Gasteiger partial charge >= 0.3 is 0 Å². The maximum absolute atomic E-state index is 10.7. The van der Waals surface area contributed by atoms with Gasteiger partial charge in [-0.25, -0.2) is 0 Å². The van der Waals surface area contributed by atoms with Gasteiger partial charge in [0.1, 0.15) is 6.04 Å². The first-order valence-corrected chi connectivity index (χ1v) is 3.51. The van der Waals surface area contributed by atoms with Gasteiger partial charge in [0.2, 0.25) is 11.8 Å². The van der Waals surface area contributed by atoms with Crippen molar-refractivity contribution in [3.63, 3.8) is 0 Å². The van der Waals surface area contributed by atoms with E-state index < -0.39 is 11.9 Å². The van der Waals surface area contributed by atoms with Crippen LogP contribution in [0.2, 0.25) is 0 Å². The Hall–Kier alpha value is -1.06. The molecule has 0 heterocycles. The van der Waals surface area contributed by atoms with Crippen LogP contribution in [0.4, 0.5) is 0 Å². The number of rotatable bonds is 3. The molecule has 64 valence electrons. The van der Waals surface area contributed by atoms with Crippen molar-refractivity contribution in [3.8, 4) is 0 Å². The Balaban J connectivity index is 4.12. The molecule has 0 aromatic carbocycles. The normalized spacial score (nSPS) is 12.7. The lowest BCUT2D eigenvalue weighted by Gasteiger charge is -2.17. The quantitative estimate of drug-likeness (QED) is 0.588. The largest absolute Gasteiger partial charge is 0.368 e. The van der Waals surface area contributed by atoms with Crippen molar-refractivity contribution in [2.75, 3.05) is 0 Å². The number of nitrogens with two attached hydrogens (primary N) is 1. The van der Waals surface area contributed by atoms with E-state index in [0.29, 0.717) is 0 Å². The van der Waals surface area contributed by atoms with Crippen LogP contribution in [0.5, 0.6) is 0 Å². The van der Waals surface area contributed by atoms with Crippen LogP contribution in [0, 0.1) is 5.92 Å². The first-order valence-electron chi connectivity index (χ1n) is 3.51. The van der Waals surface area contributed by atoms with Gasteiger partial charge in [-0.3, -0.25) is 9.59 Å². The predicted octanol–water partition coefficient (Wildman–Crippen LogP) is -0.368. The highest BCUT2D eigenvalue weighted by Crippen LogP contribution is 1.99. The Bertz CT molecular complexity index is 166. The standard InChI is InChI=1S/C7H14N2O2/c1-4(2)6(7(8)11)9-5(3)10/h4,6H,1-3H3,(H2,8,11)(H,9,10)/t6-/m0/s1. The molecule has 0 rings (SSSR count).